The minimum Gasteiger partial charge on any atom is -0.356 e. The highest BCUT2D eigenvalue weighted by atomic mass is 16.2. The summed E-state index contributed by atoms with van der Waals surface area (Å²) in [5, 5.41) is 7.32. The number of carbonyl (C=O) groups excluding carboxylic acids is 3. The summed E-state index contributed by atoms with van der Waals surface area (Å²) < 4.78 is 0. The van der Waals surface area contributed by atoms with E-state index < -0.39 is 12.1 Å². The summed E-state index contributed by atoms with van der Waals surface area (Å²) in [7, 11) is 0. The number of amides is 4. The Kier molecular flexibility index (Phi) is 4.75. The van der Waals surface area contributed by atoms with E-state index in [0.29, 0.717) is 19.4 Å². The molecule has 1 fully saturated rings. The lowest BCUT2D eigenvalue weighted by atomic mass is 10.2. The van der Waals surface area contributed by atoms with E-state index in [1.54, 1.807) is 0 Å². The first kappa shape index (κ1) is 12.5. The van der Waals surface area contributed by atoms with E-state index in [1.165, 1.54) is 0 Å². The Bertz CT molecular complexity index is 291. The molecule has 0 aliphatic carbocycles. The zero-order chi connectivity index (χ0) is 12.0. The quantitative estimate of drug-likeness (QED) is 0.553. The molecule has 0 spiro atoms. The lowest BCUT2D eigenvalue weighted by molar-refractivity contribution is -0.122. The number of nitrogens with one attached hydrogen (secondary N) is 3. The fourth-order valence-electron chi connectivity index (χ4n) is 1.44. The van der Waals surface area contributed by atoms with Crippen molar-refractivity contribution in [2.24, 2.45) is 0 Å². The molecule has 0 bridgehead atoms. The fourth-order valence-corrected chi connectivity index (χ4v) is 1.44. The van der Waals surface area contributed by atoms with Crippen LogP contribution >= 0.6 is 0 Å². The van der Waals surface area contributed by atoms with Crippen LogP contribution < -0.4 is 16.0 Å². The van der Waals surface area contributed by atoms with Crippen molar-refractivity contribution in [3.8, 4) is 0 Å². The van der Waals surface area contributed by atoms with Crippen molar-refractivity contribution in [2.75, 3.05) is 6.54 Å². The number of imide groups is 1. The highest BCUT2D eigenvalue weighted by Crippen LogP contribution is 1.98. The van der Waals surface area contributed by atoms with Gasteiger partial charge < -0.3 is 10.6 Å². The first-order chi connectivity index (χ1) is 7.63. The Labute approximate surface area is 94.2 Å². The van der Waals surface area contributed by atoms with Crippen LogP contribution in [0, 0.1) is 0 Å². The van der Waals surface area contributed by atoms with Gasteiger partial charge in [-0.05, 0) is 12.8 Å². The zero-order valence-electron chi connectivity index (χ0n) is 9.34. The van der Waals surface area contributed by atoms with Gasteiger partial charge in [0.25, 0.3) is 5.91 Å². The molecule has 6 nitrogen and oxygen atoms in total. The van der Waals surface area contributed by atoms with Crippen molar-refractivity contribution < 1.29 is 14.4 Å². The molecule has 1 aliphatic rings. The normalized spacial score (nSPS) is 19.2. The maximum absolute atomic E-state index is 11.2. The maximum atomic E-state index is 11.2. The first-order valence-electron chi connectivity index (χ1n) is 5.51. The molecule has 16 heavy (non-hydrogen) atoms. The summed E-state index contributed by atoms with van der Waals surface area (Å²) in [4.78, 5) is 33.1. The molecule has 0 aromatic rings. The van der Waals surface area contributed by atoms with Crippen LogP contribution in [0.2, 0.25) is 0 Å². The number of hydrogen-bond acceptors (Lipinski definition) is 3. The van der Waals surface area contributed by atoms with Gasteiger partial charge >= 0.3 is 6.03 Å². The van der Waals surface area contributed by atoms with Gasteiger partial charge in [0.2, 0.25) is 5.91 Å². The van der Waals surface area contributed by atoms with E-state index in [4.69, 9.17) is 0 Å². The molecule has 0 radical (unpaired) electrons. The van der Waals surface area contributed by atoms with Gasteiger partial charge in [0.05, 0.1) is 0 Å². The number of hydrogen-bond donors (Lipinski definition) is 3. The zero-order valence-corrected chi connectivity index (χ0v) is 9.34. The molecule has 1 aliphatic heterocycles. The number of unbranched alkanes of at least 4 members (excludes halogenated alkanes) is 1. The summed E-state index contributed by atoms with van der Waals surface area (Å²) in [5.74, 6) is -0.334. The van der Waals surface area contributed by atoms with Gasteiger partial charge in [0.1, 0.15) is 6.04 Å². The lowest BCUT2D eigenvalue weighted by Crippen LogP contribution is -2.34. The average Bonchev–Trinajstić information content (AvgIpc) is 2.55. The SMILES string of the molecule is CCCCC(=O)NCCC1NC(=O)NC1=O. The summed E-state index contributed by atoms with van der Waals surface area (Å²) in [6, 6.07) is -0.980. The Hall–Kier alpha value is -1.59. The van der Waals surface area contributed by atoms with Crippen LogP contribution in [-0.2, 0) is 9.59 Å². The van der Waals surface area contributed by atoms with Crippen molar-refractivity contribution in [1.82, 2.24) is 16.0 Å². The Morgan fingerprint density at radius 3 is 2.75 bits per heavy atom. The molecule has 1 atom stereocenters. The van der Waals surface area contributed by atoms with Crippen molar-refractivity contribution >= 4 is 17.8 Å². The Morgan fingerprint density at radius 2 is 2.19 bits per heavy atom. The molecule has 4 amide bonds. The third-order valence-electron chi connectivity index (χ3n) is 2.37. The van der Waals surface area contributed by atoms with Crippen molar-refractivity contribution in [2.45, 2.75) is 38.6 Å². The van der Waals surface area contributed by atoms with Crippen molar-refractivity contribution in [1.29, 1.82) is 0 Å². The molecular weight excluding hydrogens is 210 g/mol. The summed E-state index contributed by atoms with van der Waals surface area (Å²) in [6.07, 6.45) is 2.79. The predicted molar refractivity (Wildman–Crippen MR) is 57.6 cm³/mol. The fraction of sp³-hybridized carbons (Fsp3) is 0.700. The molecule has 0 saturated carbocycles. The monoisotopic (exact) mass is 227 g/mol. The summed E-state index contributed by atoms with van der Waals surface area (Å²) >= 11 is 0. The second kappa shape index (κ2) is 6.09. The standard InChI is InChI=1S/C10H17N3O3/c1-2-3-4-8(14)11-6-5-7-9(15)13-10(16)12-7/h7H,2-6H2,1H3,(H,11,14)(H2,12,13,15,16). The number of rotatable bonds is 6. The minimum absolute atomic E-state index is 0.00779. The van der Waals surface area contributed by atoms with E-state index in [9.17, 15) is 14.4 Å². The highest BCUT2D eigenvalue weighted by Gasteiger charge is 2.28. The van der Waals surface area contributed by atoms with Gasteiger partial charge in [0.15, 0.2) is 0 Å². The molecule has 90 valence electrons. The second-order valence-electron chi connectivity index (χ2n) is 3.76. The third-order valence-corrected chi connectivity index (χ3v) is 2.37. The Morgan fingerprint density at radius 1 is 1.44 bits per heavy atom. The smallest absolute Gasteiger partial charge is 0.322 e. The van der Waals surface area contributed by atoms with Crippen molar-refractivity contribution in [3.63, 3.8) is 0 Å². The molecule has 0 aromatic heterocycles. The van der Waals surface area contributed by atoms with Crippen LogP contribution in [0.5, 0.6) is 0 Å². The number of carbonyl (C=O) groups is 3. The van der Waals surface area contributed by atoms with E-state index in [2.05, 4.69) is 16.0 Å². The van der Waals surface area contributed by atoms with Crippen LogP contribution in [-0.4, -0.2) is 30.4 Å². The minimum atomic E-state index is -0.515. The number of urea groups is 1. The summed E-state index contributed by atoms with van der Waals surface area (Å²) in [5.41, 5.74) is 0. The van der Waals surface area contributed by atoms with Crippen molar-refractivity contribution in [3.05, 3.63) is 0 Å². The van der Waals surface area contributed by atoms with Gasteiger partial charge in [-0.3, -0.25) is 14.9 Å². The van der Waals surface area contributed by atoms with Gasteiger partial charge in [0, 0.05) is 13.0 Å². The van der Waals surface area contributed by atoms with Crippen LogP contribution in [0.25, 0.3) is 0 Å². The van der Waals surface area contributed by atoms with Gasteiger partial charge in [-0.25, -0.2) is 4.79 Å². The molecule has 0 aromatic carbocycles. The molecule has 1 saturated heterocycles. The molecule has 1 heterocycles. The van der Waals surface area contributed by atoms with E-state index in [-0.39, 0.29) is 11.8 Å². The molecule has 3 N–H and O–H groups in total. The van der Waals surface area contributed by atoms with E-state index in [0.717, 1.165) is 12.8 Å². The van der Waals surface area contributed by atoms with Crippen LogP contribution in [0.1, 0.15) is 32.6 Å². The Balaban J connectivity index is 2.13. The first-order valence-corrected chi connectivity index (χ1v) is 5.51. The van der Waals surface area contributed by atoms with Crippen LogP contribution in [0.4, 0.5) is 4.79 Å². The average molecular weight is 227 g/mol. The molecular formula is C10H17N3O3. The lowest BCUT2D eigenvalue weighted by Gasteiger charge is -2.08. The molecule has 1 unspecified atom stereocenters. The van der Waals surface area contributed by atoms with E-state index >= 15 is 0 Å². The highest BCUT2D eigenvalue weighted by molar-refractivity contribution is 6.04. The van der Waals surface area contributed by atoms with Gasteiger partial charge in [-0.1, -0.05) is 13.3 Å². The molecule has 1 rings (SSSR count). The molecule has 6 heteroatoms. The van der Waals surface area contributed by atoms with Crippen LogP contribution in [0.3, 0.4) is 0 Å². The van der Waals surface area contributed by atoms with Gasteiger partial charge in [-0.15, -0.1) is 0 Å². The summed E-state index contributed by atoms with van der Waals surface area (Å²) in [6.45, 7) is 2.42. The maximum Gasteiger partial charge on any atom is 0.322 e. The predicted octanol–water partition coefficient (Wildman–Crippen LogP) is -0.109. The van der Waals surface area contributed by atoms with Crippen LogP contribution in [0.15, 0.2) is 0 Å². The third kappa shape index (κ3) is 3.88. The van der Waals surface area contributed by atoms with E-state index in [1.807, 2.05) is 6.92 Å². The largest absolute Gasteiger partial charge is 0.356 e. The second-order valence-corrected chi connectivity index (χ2v) is 3.76. The topological polar surface area (TPSA) is 87.3 Å². The van der Waals surface area contributed by atoms with Gasteiger partial charge in [-0.2, -0.15) is 0 Å².